The van der Waals surface area contributed by atoms with Crippen LogP contribution in [0.5, 0.6) is 5.75 Å². The lowest BCUT2D eigenvalue weighted by molar-refractivity contribution is -0.140. The molecule has 5 amide bonds. The van der Waals surface area contributed by atoms with Gasteiger partial charge in [-0.25, -0.2) is 0 Å². The fraction of sp³-hybridized carbons (Fsp3) is 0.414. The van der Waals surface area contributed by atoms with E-state index >= 15 is 0 Å². The molecule has 2 aromatic rings. The maximum Gasteiger partial charge on any atom is 0.255 e. The number of amides is 5. The highest BCUT2D eigenvalue weighted by molar-refractivity contribution is 6.01. The first-order chi connectivity index (χ1) is 19.2. The van der Waals surface area contributed by atoms with Crippen LogP contribution in [0.4, 0.5) is 0 Å². The van der Waals surface area contributed by atoms with Gasteiger partial charge in [0.25, 0.3) is 5.91 Å². The molecule has 212 valence electrons. The third-order valence-electron chi connectivity index (χ3n) is 7.15. The van der Waals surface area contributed by atoms with Crippen molar-refractivity contribution in [1.82, 2.24) is 25.8 Å². The Morgan fingerprint density at radius 3 is 2.60 bits per heavy atom. The predicted molar refractivity (Wildman–Crippen MR) is 146 cm³/mol. The summed E-state index contributed by atoms with van der Waals surface area (Å²) >= 11 is 0. The zero-order valence-corrected chi connectivity index (χ0v) is 22.8. The predicted octanol–water partition coefficient (Wildman–Crippen LogP) is 0.969. The van der Waals surface area contributed by atoms with Gasteiger partial charge in [0.15, 0.2) is 0 Å². The van der Waals surface area contributed by atoms with Crippen LogP contribution >= 0.6 is 0 Å². The fourth-order valence-corrected chi connectivity index (χ4v) is 4.66. The van der Waals surface area contributed by atoms with Gasteiger partial charge in [-0.3, -0.25) is 24.0 Å². The van der Waals surface area contributed by atoms with Crippen LogP contribution in [0.25, 0.3) is 0 Å². The lowest BCUT2D eigenvalue weighted by atomic mass is 10.1. The van der Waals surface area contributed by atoms with Crippen molar-refractivity contribution in [3.05, 3.63) is 65.2 Å². The van der Waals surface area contributed by atoms with Crippen LogP contribution in [0, 0.1) is 0 Å². The van der Waals surface area contributed by atoms with Gasteiger partial charge < -0.3 is 30.5 Å². The number of benzene rings is 2. The normalized spacial score (nSPS) is 20.6. The number of likely N-dealkylation sites (N-methyl/N-ethyl adjacent to an activating group) is 1. The third-order valence-corrected chi connectivity index (χ3v) is 7.15. The van der Waals surface area contributed by atoms with E-state index in [9.17, 15) is 24.0 Å². The Morgan fingerprint density at radius 2 is 1.82 bits per heavy atom. The summed E-state index contributed by atoms with van der Waals surface area (Å²) in [7, 11) is 1.48. The van der Waals surface area contributed by atoms with E-state index in [0.717, 1.165) is 24.1 Å². The summed E-state index contributed by atoms with van der Waals surface area (Å²) in [4.78, 5) is 67.2. The molecule has 11 heteroatoms. The van der Waals surface area contributed by atoms with Gasteiger partial charge in [-0.05, 0) is 36.6 Å². The molecule has 0 unspecified atom stereocenters. The van der Waals surface area contributed by atoms with Crippen LogP contribution in [0.2, 0.25) is 0 Å². The average Bonchev–Trinajstić information content (AvgIpc) is 3.36. The van der Waals surface area contributed by atoms with Crippen LogP contribution < -0.4 is 20.7 Å². The van der Waals surface area contributed by atoms with E-state index in [4.69, 9.17) is 4.74 Å². The molecule has 0 saturated carbocycles. The second-order valence-electron chi connectivity index (χ2n) is 10.0. The van der Waals surface area contributed by atoms with Gasteiger partial charge >= 0.3 is 0 Å². The zero-order chi connectivity index (χ0) is 28.6. The average molecular weight is 550 g/mol. The number of hydrogen-bond acceptors (Lipinski definition) is 6. The van der Waals surface area contributed by atoms with Crippen molar-refractivity contribution in [3.8, 4) is 5.75 Å². The van der Waals surface area contributed by atoms with E-state index in [1.807, 2.05) is 29.2 Å². The molecule has 0 radical (unpaired) electrons. The largest absolute Gasteiger partial charge is 0.491 e. The molecule has 0 aromatic heterocycles. The van der Waals surface area contributed by atoms with Crippen molar-refractivity contribution >= 4 is 29.5 Å². The van der Waals surface area contributed by atoms with Crippen LogP contribution in [0.15, 0.2) is 48.5 Å². The molecule has 2 aliphatic rings. The molecule has 0 spiro atoms. The van der Waals surface area contributed by atoms with Gasteiger partial charge in [-0.15, -0.1) is 0 Å². The highest BCUT2D eigenvalue weighted by Gasteiger charge is 2.30. The Morgan fingerprint density at radius 1 is 1.05 bits per heavy atom. The monoisotopic (exact) mass is 549 g/mol. The van der Waals surface area contributed by atoms with Gasteiger partial charge in [0, 0.05) is 33.1 Å². The Bertz CT molecular complexity index is 1280. The highest BCUT2D eigenvalue weighted by Crippen LogP contribution is 2.19. The third kappa shape index (κ3) is 7.16. The van der Waals surface area contributed by atoms with Crippen LogP contribution in [0.3, 0.4) is 0 Å². The Labute approximate surface area is 233 Å². The summed E-state index contributed by atoms with van der Waals surface area (Å²) in [5.41, 5.74) is 1.98. The quantitative estimate of drug-likeness (QED) is 0.508. The number of para-hydroxylation sites is 1. The van der Waals surface area contributed by atoms with Gasteiger partial charge in [-0.2, -0.15) is 0 Å². The number of likely N-dealkylation sites (tertiary alicyclic amines) is 1. The standard InChI is InChI=1S/C29H35N5O6/c1-19-27(37)30-12-14-40-24-10-4-3-9-22(24)28(38)32-23(16-26(36)33(19)2)29(39)31-17-20-7-5-8-21(15-20)18-34-13-6-11-25(34)35/h3-5,7-10,15,19,23H,6,11-14,16-18H2,1-2H3,(H,30,37)(H,31,39)(H,32,38)/t19-,23-/m0/s1. The Hall–Kier alpha value is -4.41. The summed E-state index contributed by atoms with van der Waals surface area (Å²) in [5, 5.41) is 8.22. The van der Waals surface area contributed by atoms with Crippen molar-refractivity contribution < 1.29 is 28.7 Å². The summed E-state index contributed by atoms with van der Waals surface area (Å²) in [6.45, 7) is 3.31. The first-order valence-corrected chi connectivity index (χ1v) is 13.4. The zero-order valence-electron chi connectivity index (χ0n) is 22.8. The summed E-state index contributed by atoms with van der Waals surface area (Å²) in [6, 6.07) is 12.2. The molecule has 2 aromatic carbocycles. The van der Waals surface area contributed by atoms with Crippen molar-refractivity contribution in [3.63, 3.8) is 0 Å². The number of carbonyl (C=O) groups excluding carboxylic acids is 5. The van der Waals surface area contributed by atoms with Gasteiger partial charge in [0.2, 0.25) is 23.6 Å². The molecular formula is C29H35N5O6. The fourth-order valence-electron chi connectivity index (χ4n) is 4.66. The van der Waals surface area contributed by atoms with Crippen molar-refractivity contribution in [1.29, 1.82) is 0 Å². The molecule has 2 atom stereocenters. The molecular weight excluding hydrogens is 514 g/mol. The molecule has 1 saturated heterocycles. The summed E-state index contributed by atoms with van der Waals surface area (Å²) < 4.78 is 5.72. The van der Waals surface area contributed by atoms with Crippen molar-refractivity contribution in [2.75, 3.05) is 26.7 Å². The van der Waals surface area contributed by atoms with E-state index in [1.165, 1.54) is 11.9 Å². The lowest BCUT2D eigenvalue weighted by Crippen LogP contribution is -2.52. The summed E-state index contributed by atoms with van der Waals surface area (Å²) in [6.07, 6.45) is 1.08. The molecule has 0 bridgehead atoms. The van der Waals surface area contributed by atoms with Crippen LogP contribution in [0.1, 0.15) is 47.7 Å². The van der Waals surface area contributed by atoms with E-state index < -0.39 is 29.8 Å². The lowest BCUT2D eigenvalue weighted by Gasteiger charge is -2.27. The number of hydrogen-bond donors (Lipinski definition) is 3. The van der Waals surface area contributed by atoms with Gasteiger partial charge in [0.05, 0.1) is 18.5 Å². The number of rotatable bonds is 5. The minimum Gasteiger partial charge on any atom is -0.491 e. The smallest absolute Gasteiger partial charge is 0.255 e. The van der Waals surface area contributed by atoms with Gasteiger partial charge in [-0.1, -0.05) is 36.4 Å². The maximum atomic E-state index is 13.3. The molecule has 0 aliphatic carbocycles. The number of ether oxygens (including phenoxy) is 1. The molecule has 11 nitrogen and oxygen atoms in total. The second kappa shape index (κ2) is 13.1. The number of nitrogens with one attached hydrogen (secondary N) is 3. The molecule has 3 N–H and O–H groups in total. The van der Waals surface area contributed by atoms with Crippen molar-refractivity contribution in [2.24, 2.45) is 0 Å². The minimum atomic E-state index is -1.20. The van der Waals surface area contributed by atoms with Crippen LogP contribution in [-0.4, -0.2) is 78.2 Å². The SMILES string of the molecule is C[C@H]1C(=O)NCCOc2ccccc2C(=O)N[C@H](C(=O)NCc2cccc(CN3CCCC3=O)c2)CC(=O)N1C. The molecule has 1 fully saturated rings. The second-order valence-corrected chi connectivity index (χ2v) is 10.0. The number of nitrogens with zero attached hydrogens (tertiary/aromatic N) is 2. The van der Waals surface area contributed by atoms with Gasteiger partial charge in [0.1, 0.15) is 24.4 Å². The maximum absolute atomic E-state index is 13.3. The molecule has 2 heterocycles. The number of carbonyl (C=O) groups is 5. The van der Waals surface area contributed by atoms with Crippen molar-refractivity contribution in [2.45, 2.75) is 51.4 Å². The topological polar surface area (TPSA) is 137 Å². The molecule has 2 aliphatic heterocycles. The first kappa shape index (κ1) is 28.6. The van der Waals surface area contributed by atoms with E-state index in [2.05, 4.69) is 16.0 Å². The summed E-state index contributed by atoms with van der Waals surface area (Å²) in [5.74, 6) is -1.49. The molecule has 4 rings (SSSR count). The first-order valence-electron chi connectivity index (χ1n) is 13.4. The number of fused-ring (bicyclic) bond motifs is 1. The van der Waals surface area contributed by atoms with E-state index in [-0.39, 0.29) is 43.5 Å². The minimum absolute atomic E-state index is 0.120. The Kier molecular flexibility index (Phi) is 9.36. The highest BCUT2D eigenvalue weighted by atomic mass is 16.5. The molecule has 40 heavy (non-hydrogen) atoms. The Balaban J connectivity index is 1.50. The van der Waals surface area contributed by atoms with E-state index in [0.29, 0.717) is 18.7 Å². The van der Waals surface area contributed by atoms with Crippen LogP contribution in [-0.2, 0) is 32.3 Å². The van der Waals surface area contributed by atoms with E-state index in [1.54, 1.807) is 31.2 Å².